The molecule has 0 fully saturated rings. The van der Waals surface area contributed by atoms with Crippen molar-refractivity contribution in [2.75, 3.05) is 20.2 Å². The molecule has 0 aliphatic carbocycles. The number of H-pyrrole nitrogens is 1. The van der Waals surface area contributed by atoms with Gasteiger partial charge >= 0.3 is 0 Å². The summed E-state index contributed by atoms with van der Waals surface area (Å²) in [5, 5.41) is 14.4. The normalized spacial score (nSPS) is 10.4. The van der Waals surface area contributed by atoms with Crippen LogP contribution >= 0.6 is 11.3 Å². The molecular formula is C18H19N5O3S. The van der Waals surface area contributed by atoms with Crippen molar-refractivity contribution >= 4 is 23.2 Å². The Labute approximate surface area is 160 Å². The molecule has 27 heavy (non-hydrogen) atoms. The van der Waals surface area contributed by atoms with Crippen LogP contribution in [0, 0.1) is 0 Å². The number of rotatable bonds is 8. The fourth-order valence-electron chi connectivity index (χ4n) is 2.40. The molecule has 140 valence electrons. The van der Waals surface area contributed by atoms with Crippen LogP contribution in [0.15, 0.2) is 41.9 Å². The molecule has 3 rings (SSSR count). The molecule has 0 aromatic carbocycles. The summed E-state index contributed by atoms with van der Waals surface area (Å²) in [4.78, 5) is 29.3. The molecule has 0 spiro atoms. The van der Waals surface area contributed by atoms with Gasteiger partial charge in [-0.1, -0.05) is 6.07 Å². The van der Waals surface area contributed by atoms with Crippen molar-refractivity contribution in [2.24, 2.45) is 0 Å². The van der Waals surface area contributed by atoms with Gasteiger partial charge in [0.15, 0.2) is 5.69 Å². The number of nitrogens with one attached hydrogen (secondary N) is 3. The Morgan fingerprint density at radius 3 is 2.74 bits per heavy atom. The van der Waals surface area contributed by atoms with Crippen molar-refractivity contribution < 1.29 is 14.3 Å². The van der Waals surface area contributed by atoms with Crippen molar-refractivity contribution in [3.05, 3.63) is 53.2 Å². The molecule has 0 saturated carbocycles. The topological polar surface area (TPSA) is 109 Å². The van der Waals surface area contributed by atoms with Gasteiger partial charge < -0.3 is 15.4 Å². The summed E-state index contributed by atoms with van der Waals surface area (Å²) < 4.78 is 5.07. The number of pyridine rings is 1. The smallest absolute Gasteiger partial charge is 0.271 e. The van der Waals surface area contributed by atoms with Gasteiger partial charge in [-0.15, -0.1) is 11.3 Å². The fraction of sp³-hybridized carbons (Fsp3) is 0.222. The third-order valence-electron chi connectivity index (χ3n) is 3.73. The lowest BCUT2D eigenvalue weighted by Crippen LogP contribution is -2.30. The summed E-state index contributed by atoms with van der Waals surface area (Å²) in [7, 11) is 1.47. The highest BCUT2D eigenvalue weighted by Crippen LogP contribution is 2.22. The fourth-order valence-corrected chi connectivity index (χ4v) is 3.09. The average Bonchev–Trinajstić information content (AvgIpc) is 3.38. The highest BCUT2D eigenvalue weighted by atomic mass is 32.1. The molecule has 8 nitrogen and oxygen atoms in total. The maximum Gasteiger partial charge on any atom is 0.271 e. The van der Waals surface area contributed by atoms with E-state index >= 15 is 0 Å². The van der Waals surface area contributed by atoms with Gasteiger partial charge in [0.05, 0.1) is 17.7 Å². The van der Waals surface area contributed by atoms with Gasteiger partial charge in [0.2, 0.25) is 5.88 Å². The van der Waals surface area contributed by atoms with E-state index in [9.17, 15) is 9.59 Å². The number of hydrogen-bond donors (Lipinski definition) is 3. The van der Waals surface area contributed by atoms with Crippen LogP contribution in [0.5, 0.6) is 5.88 Å². The van der Waals surface area contributed by atoms with E-state index in [4.69, 9.17) is 4.74 Å². The number of ether oxygens (including phenoxy) is 1. The van der Waals surface area contributed by atoms with Crippen LogP contribution in [0.2, 0.25) is 0 Å². The van der Waals surface area contributed by atoms with Gasteiger partial charge in [0, 0.05) is 19.3 Å². The molecule has 0 aliphatic rings. The van der Waals surface area contributed by atoms with Crippen LogP contribution < -0.4 is 15.4 Å². The first-order valence-corrected chi connectivity index (χ1v) is 9.21. The van der Waals surface area contributed by atoms with Crippen LogP contribution in [0.4, 0.5) is 0 Å². The second-order valence-corrected chi connectivity index (χ2v) is 6.52. The second kappa shape index (κ2) is 8.95. The molecule has 2 amide bonds. The molecule has 0 atom stereocenters. The molecule has 0 aliphatic heterocycles. The van der Waals surface area contributed by atoms with Crippen LogP contribution in [-0.2, 0) is 0 Å². The summed E-state index contributed by atoms with van der Waals surface area (Å²) in [5.74, 6) is -0.239. The summed E-state index contributed by atoms with van der Waals surface area (Å²) in [5.41, 5.74) is 1.53. The summed E-state index contributed by atoms with van der Waals surface area (Å²) in [6.07, 6.45) is 2.15. The first-order chi connectivity index (χ1) is 13.2. The minimum absolute atomic E-state index is 0.255. The zero-order valence-electron chi connectivity index (χ0n) is 14.7. The molecule has 3 heterocycles. The van der Waals surface area contributed by atoms with E-state index in [0.29, 0.717) is 30.8 Å². The number of aromatic amines is 1. The van der Waals surface area contributed by atoms with Crippen LogP contribution in [0.25, 0.3) is 10.6 Å². The molecular weight excluding hydrogens is 366 g/mol. The lowest BCUT2D eigenvalue weighted by atomic mass is 10.2. The number of methoxy groups -OCH3 is 1. The van der Waals surface area contributed by atoms with Gasteiger partial charge in [0.25, 0.3) is 11.8 Å². The molecule has 0 unspecified atom stereocenters. The van der Waals surface area contributed by atoms with Crippen molar-refractivity contribution in [2.45, 2.75) is 6.42 Å². The predicted octanol–water partition coefficient (Wildman–Crippen LogP) is 2.09. The van der Waals surface area contributed by atoms with Gasteiger partial charge in [-0.3, -0.25) is 14.7 Å². The van der Waals surface area contributed by atoms with Crippen LogP contribution in [0.1, 0.15) is 27.3 Å². The highest BCUT2D eigenvalue weighted by molar-refractivity contribution is 7.13. The quantitative estimate of drug-likeness (QED) is 0.515. The van der Waals surface area contributed by atoms with Gasteiger partial charge in [0.1, 0.15) is 5.56 Å². The minimum atomic E-state index is -0.265. The lowest BCUT2D eigenvalue weighted by molar-refractivity contribution is 0.0947. The largest absolute Gasteiger partial charge is 0.480 e. The Bertz CT molecular complexity index is 907. The molecule has 3 aromatic rings. The van der Waals surface area contributed by atoms with Crippen molar-refractivity contribution in [3.8, 4) is 16.5 Å². The van der Waals surface area contributed by atoms with Crippen molar-refractivity contribution in [1.29, 1.82) is 0 Å². The average molecular weight is 385 g/mol. The zero-order valence-corrected chi connectivity index (χ0v) is 15.5. The number of carbonyl (C=O) groups is 2. The first-order valence-electron chi connectivity index (χ1n) is 8.33. The Hall–Kier alpha value is -3.20. The molecule has 0 saturated heterocycles. The minimum Gasteiger partial charge on any atom is -0.480 e. The number of nitrogens with zero attached hydrogens (tertiary/aromatic N) is 2. The van der Waals surface area contributed by atoms with Crippen LogP contribution in [-0.4, -0.2) is 47.2 Å². The van der Waals surface area contributed by atoms with Crippen LogP contribution in [0.3, 0.4) is 0 Å². The highest BCUT2D eigenvalue weighted by Gasteiger charge is 2.13. The van der Waals surface area contributed by atoms with Gasteiger partial charge in [-0.05, 0) is 36.1 Å². The van der Waals surface area contributed by atoms with Crippen molar-refractivity contribution in [3.63, 3.8) is 0 Å². The molecule has 3 N–H and O–H groups in total. The maximum atomic E-state index is 12.1. The van der Waals surface area contributed by atoms with Crippen molar-refractivity contribution in [1.82, 2.24) is 25.8 Å². The van der Waals surface area contributed by atoms with E-state index < -0.39 is 0 Å². The van der Waals surface area contributed by atoms with E-state index in [2.05, 4.69) is 25.8 Å². The Morgan fingerprint density at radius 1 is 1.19 bits per heavy atom. The third kappa shape index (κ3) is 4.70. The maximum absolute atomic E-state index is 12.1. The van der Waals surface area contributed by atoms with E-state index in [0.717, 1.165) is 10.6 Å². The number of amides is 2. The van der Waals surface area contributed by atoms with Gasteiger partial charge in [-0.25, -0.2) is 4.98 Å². The SMILES string of the molecule is COc1ncccc1C(=O)NCCCNC(=O)c1cc(-c2cccs2)[nH]n1. The molecule has 0 bridgehead atoms. The Morgan fingerprint density at radius 2 is 2.00 bits per heavy atom. The third-order valence-corrected chi connectivity index (χ3v) is 4.63. The molecule has 3 aromatic heterocycles. The summed E-state index contributed by atoms with van der Waals surface area (Å²) in [6, 6.07) is 8.94. The number of hydrogen-bond acceptors (Lipinski definition) is 6. The predicted molar refractivity (Wildman–Crippen MR) is 102 cm³/mol. The second-order valence-electron chi connectivity index (χ2n) is 5.57. The first kappa shape index (κ1) is 18.6. The van der Waals surface area contributed by atoms with E-state index in [1.807, 2.05) is 17.5 Å². The van der Waals surface area contributed by atoms with E-state index in [1.54, 1.807) is 35.7 Å². The zero-order chi connectivity index (χ0) is 19.1. The number of aromatic nitrogens is 3. The van der Waals surface area contributed by atoms with E-state index in [-0.39, 0.29) is 17.7 Å². The summed E-state index contributed by atoms with van der Waals surface area (Å²) in [6.45, 7) is 0.836. The lowest BCUT2D eigenvalue weighted by Gasteiger charge is -2.08. The summed E-state index contributed by atoms with van der Waals surface area (Å²) >= 11 is 1.57. The van der Waals surface area contributed by atoms with Gasteiger partial charge in [-0.2, -0.15) is 5.10 Å². The standard InChI is InChI=1S/C18H19N5O3S/c1-26-18-12(5-2-7-21-18)16(24)19-8-4-9-20-17(25)14-11-13(22-23-14)15-6-3-10-27-15/h2-3,5-7,10-11H,4,8-9H2,1H3,(H,19,24)(H,20,25)(H,22,23). The molecule has 0 radical (unpaired) electrons. The van der Waals surface area contributed by atoms with E-state index in [1.165, 1.54) is 7.11 Å². The Kier molecular flexibility index (Phi) is 6.16. The number of thiophene rings is 1. The Balaban J connectivity index is 1.41. The molecule has 9 heteroatoms. The monoisotopic (exact) mass is 385 g/mol. The number of carbonyl (C=O) groups excluding carboxylic acids is 2.